The predicted molar refractivity (Wildman–Crippen MR) is 76.3 cm³/mol. The minimum atomic E-state index is -2.55. The highest BCUT2D eigenvalue weighted by Crippen LogP contribution is 2.17. The number of nitrogens with zero attached hydrogens (tertiary/aromatic N) is 5. The molecule has 0 spiro atoms. The molecule has 1 aliphatic heterocycles. The van der Waals surface area contributed by atoms with E-state index >= 15 is 0 Å². The SMILES string of the molecule is CS(=N)(=O)C1CN(C(=O)CCc2nc3ncccn3n2)C1. The molecule has 8 nitrogen and oxygen atoms in total. The van der Waals surface area contributed by atoms with Gasteiger partial charge >= 0.3 is 0 Å². The van der Waals surface area contributed by atoms with Crippen LogP contribution in [0.3, 0.4) is 0 Å². The van der Waals surface area contributed by atoms with Crippen molar-refractivity contribution in [3.8, 4) is 0 Å². The molecule has 1 atom stereocenters. The van der Waals surface area contributed by atoms with E-state index < -0.39 is 9.73 Å². The average Bonchev–Trinajstić information content (AvgIpc) is 2.75. The lowest BCUT2D eigenvalue weighted by molar-refractivity contribution is -0.134. The van der Waals surface area contributed by atoms with Crippen molar-refractivity contribution in [3.63, 3.8) is 0 Å². The molecule has 0 aromatic carbocycles. The highest BCUT2D eigenvalue weighted by molar-refractivity contribution is 7.92. The molecule has 0 aliphatic carbocycles. The summed E-state index contributed by atoms with van der Waals surface area (Å²) in [5.74, 6) is 1.09. The van der Waals surface area contributed by atoms with Crippen LogP contribution in [0.5, 0.6) is 0 Å². The molecule has 1 aliphatic rings. The van der Waals surface area contributed by atoms with Gasteiger partial charge in [0.1, 0.15) is 0 Å². The quantitative estimate of drug-likeness (QED) is 0.852. The second kappa shape index (κ2) is 5.06. The molecule has 0 radical (unpaired) electrons. The Morgan fingerprint density at radius 2 is 2.29 bits per heavy atom. The van der Waals surface area contributed by atoms with Gasteiger partial charge in [-0.05, 0) is 6.07 Å². The van der Waals surface area contributed by atoms with E-state index in [0.29, 0.717) is 37.5 Å². The molecule has 2 aromatic heterocycles. The summed E-state index contributed by atoms with van der Waals surface area (Å²) in [7, 11) is -2.55. The van der Waals surface area contributed by atoms with Crippen molar-refractivity contribution >= 4 is 21.4 Å². The fourth-order valence-corrected chi connectivity index (χ4v) is 3.11. The van der Waals surface area contributed by atoms with E-state index in [0.717, 1.165) is 0 Å². The van der Waals surface area contributed by atoms with Gasteiger partial charge < -0.3 is 4.90 Å². The Morgan fingerprint density at radius 1 is 1.52 bits per heavy atom. The first-order chi connectivity index (χ1) is 9.93. The molecule has 21 heavy (non-hydrogen) atoms. The topological polar surface area (TPSA) is 104 Å². The lowest BCUT2D eigenvalue weighted by Crippen LogP contribution is -2.56. The number of hydrogen-bond acceptors (Lipinski definition) is 6. The van der Waals surface area contributed by atoms with Crippen molar-refractivity contribution in [1.82, 2.24) is 24.5 Å². The third kappa shape index (κ3) is 2.87. The fraction of sp³-hybridized carbons (Fsp3) is 0.500. The van der Waals surface area contributed by atoms with E-state index in [1.54, 1.807) is 27.9 Å². The third-order valence-corrected chi connectivity index (χ3v) is 5.13. The zero-order valence-electron chi connectivity index (χ0n) is 11.6. The number of hydrogen-bond donors (Lipinski definition) is 1. The number of aryl methyl sites for hydroxylation is 1. The molecule has 2 aromatic rings. The molecule has 9 heteroatoms. The van der Waals surface area contributed by atoms with Gasteiger partial charge in [0.05, 0.1) is 5.25 Å². The van der Waals surface area contributed by atoms with Crippen molar-refractivity contribution in [2.45, 2.75) is 18.1 Å². The summed E-state index contributed by atoms with van der Waals surface area (Å²) in [4.78, 5) is 21.9. The van der Waals surface area contributed by atoms with Gasteiger partial charge in [-0.2, -0.15) is 4.98 Å². The molecule has 0 saturated carbocycles. The van der Waals surface area contributed by atoms with Gasteiger partial charge in [-0.15, -0.1) is 5.10 Å². The molecular formula is C12H16N6O2S. The van der Waals surface area contributed by atoms with Crippen molar-refractivity contribution in [2.24, 2.45) is 0 Å². The normalized spacial score (nSPS) is 18.4. The molecule has 0 bridgehead atoms. The second-order valence-corrected chi connectivity index (χ2v) is 7.69. The Kier molecular flexibility index (Phi) is 3.36. The molecule has 1 fully saturated rings. The van der Waals surface area contributed by atoms with Crippen LogP contribution in [0.1, 0.15) is 12.2 Å². The standard InChI is InChI=1S/C12H16N6O2S/c1-21(13,20)9-7-17(8-9)11(19)4-3-10-15-12-14-5-2-6-18(12)16-10/h2,5-6,9,13H,3-4,7-8H2,1H3. The Balaban J connectivity index is 1.55. The van der Waals surface area contributed by atoms with Crippen LogP contribution in [-0.2, 0) is 20.9 Å². The van der Waals surface area contributed by atoms with Gasteiger partial charge in [-0.25, -0.2) is 13.7 Å². The smallest absolute Gasteiger partial charge is 0.252 e. The lowest BCUT2D eigenvalue weighted by Gasteiger charge is -2.39. The minimum absolute atomic E-state index is 0.0123. The van der Waals surface area contributed by atoms with Crippen LogP contribution in [-0.4, -0.2) is 59.2 Å². The molecular weight excluding hydrogens is 292 g/mol. The summed E-state index contributed by atoms with van der Waals surface area (Å²) in [6, 6.07) is 1.76. The first-order valence-corrected chi connectivity index (χ1v) is 8.63. The number of aromatic nitrogens is 4. The molecule has 1 N–H and O–H groups in total. The third-order valence-electron chi connectivity index (χ3n) is 3.56. The maximum atomic E-state index is 12.0. The van der Waals surface area contributed by atoms with Crippen LogP contribution in [0, 0.1) is 4.78 Å². The van der Waals surface area contributed by atoms with Crippen molar-refractivity contribution in [2.75, 3.05) is 19.3 Å². The molecule has 3 rings (SSSR count). The summed E-state index contributed by atoms with van der Waals surface area (Å²) in [6.45, 7) is 0.829. The zero-order valence-corrected chi connectivity index (χ0v) is 12.4. The molecule has 1 unspecified atom stereocenters. The van der Waals surface area contributed by atoms with Crippen molar-refractivity contribution in [3.05, 3.63) is 24.3 Å². The number of carbonyl (C=O) groups excluding carboxylic acids is 1. The van der Waals surface area contributed by atoms with Crippen LogP contribution >= 0.6 is 0 Å². The first kappa shape index (κ1) is 13.9. The van der Waals surface area contributed by atoms with E-state index in [1.807, 2.05) is 0 Å². The minimum Gasteiger partial charge on any atom is -0.340 e. The maximum absolute atomic E-state index is 12.0. The summed E-state index contributed by atoms with van der Waals surface area (Å²) >= 11 is 0. The van der Waals surface area contributed by atoms with Gasteiger partial charge in [-0.1, -0.05) is 0 Å². The average molecular weight is 308 g/mol. The molecule has 1 saturated heterocycles. The highest BCUT2D eigenvalue weighted by Gasteiger charge is 2.35. The predicted octanol–water partition coefficient (Wildman–Crippen LogP) is -0.0557. The van der Waals surface area contributed by atoms with Gasteiger partial charge in [0.25, 0.3) is 5.78 Å². The Bertz CT molecular complexity index is 745. The Hall–Kier alpha value is -2.03. The van der Waals surface area contributed by atoms with Crippen LogP contribution in [0.2, 0.25) is 0 Å². The van der Waals surface area contributed by atoms with E-state index in [1.165, 1.54) is 6.26 Å². The maximum Gasteiger partial charge on any atom is 0.252 e. The largest absolute Gasteiger partial charge is 0.340 e. The number of rotatable bonds is 4. The van der Waals surface area contributed by atoms with Crippen LogP contribution in [0.4, 0.5) is 0 Å². The summed E-state index contributed by atoms with van der Waals surface area (Å²) in [6.07, 6.45) is 5.58. The zero-order chi connectivity index (χ0) is 15.0. The van der Waals surface area contributed by atoms with Gasteiger partial charge in [0.2, 0.25) is 5.91 Å². The number of nitrogens with one attached hydrogen (secondary N) is 1. The summed E-state index contributed by atoms with van der Waals surface area (Å²) < 4.78 is 20.6. The van der Waals surface area contributed by atoms with Crippen molar-refractivity contribution in [1.29, 1.82) is 4.78 Å². The Labute approximate surface area is 122 Å². The summed E-state index contributed by atoms with van der Waals surface area (Å²) in [5, 5.41) is 4.04. The fourth-order valence-electron chi connectivity index (χ4n) is 2.18. The molecule has 112 valence electrons. The number of amides is 1. The van der Waals surface area contributed by atoms with Gasteiger partial charge in [0.15, 0.2) is 5.82 Å². The monoisotopic (exact) mass is 308 g/mol. The second-order valence-electron chi connectivity index (χ2n) is 5.22. The van der Waals surface area contributed by atoms with E-state index in [9.17, 15) is 9.00 Å². The van der Waals surface area contributed by atoms with Gasteiger partial charge in [0, 0.05) is 54.3 Å². The van der Waals surface area contributed by atoms with Crippen molar-refractivity contribution < 1.29 is 9.00 Å². The Morgan fingerprint density at radius 3 is 2.95 bits per heavy atom. The van der Waals surface area contributed by atoms with Gasteiger partial charge in [-0.3, -0.25) is 9.57 Å². The van der Waals surface area contributed by atoms with E-state index in [-0.39, 0.29) is 11.2 Å². The highest BCUT2D eigenvalue weighted by atomic mass is 32.2. The van der Waals surface area contributed by atoms with E-state index in [4.69, 9.17) is 4.78 Å². The summed E-state index contributed by atoms with van der Waals surface area (Å²) in [5.41, 5.74) is 0. The van der Waals surface area contributed by atoms with Crippen LogP contribution in [0.15, 0.2) is 18.5 Å². The number of fused-ring (bicyclic) bond motifs is 1. The van der Waals surface area contributed by atoms with Crippen LogP contribution < -0.4 is 0 Å². The molecule has 3 heterocycles. The van der Waals surface area contributed by atoms with E-state index in [2.05, 4.69) is 15.1 Å². The van der Waals surface area contributed by atoms with Crippen LogP contribution in [0.25, 0.3) is 5.78 Å². The lowest BCUT2D eigenvalue weighted by atomic mass is 10.1. The number of likely N-dealkylation sites (tertiary alicyclic amines) is 1. The first-order valence-electron chi connectivity index (χ1n) is 6.60. The number of carbonyl (C=O) groups is 1. The molecule has 1 amide bonds.